The lowest BCUT2D eigenvalue weighted by Gasteiger charge is -2.10. The predicted octanol–water partition coefficient (Wildman–Crippen LogP) is 12.6. The van der Waals surface area contributed by atoms with Crippen LogP contribution in [0.15, 0.2) is 158 Å². The zero-order valence-electron chi connectivity index (χ0n) is 25.3. The highest BCUT2D eigenvalue weighted by molar-refractivity contribution is 7.27. The van der Waals surface area contributed by atoms with Gasteiger partial charge in [0, 0.05) is 53.1 Å². The Kier molecular flexibility index (Phi) is 5.02. The van der Waals surface area contributed by atoms with Crippen LogP contribution in [0.4, 0.5) is 0 Å². The fraction of sp³-hybridized carbons (Fsp3) is 0. The van der Waals surface area contributed by atoms with E-state index in [2.05, 4.69) is 167 Å². The summed E-state index contributed by atoms with van der Waals surface area (Å²) in [5.74, 6) is 0. The number of hydrogen-bond acceptors (Lipinski definition) is 1. The van der Waals surface area contributed by atoms with Crippen molar-refractivity contribution in [3.63, 3.8) is 0 Å². The first-order valence-electron chi connectivity index (χ1n) is 16.1. The minimum absolute atomic E-state index is 1.18. The standard InChI is InChI=1S/C44H26N2S/c1-2-11-29(12-3-1)45-36-16-8-6-14-32(36)35-26-30(21-23-38(35)45)46-37-17-9-7-15-33(37)42-39(46)24-22-34-43-40(47-44(34)42)25-20-28-19-18-27-10-4-5-13-31(27)41(28)43/h1-26H. The van der Waals surface area contributed by atoms with Gasteiger partial charge in [-0.1, -0.05) is 103 Å². The molecule has 3 aromatic heterocycles. The molecule has 8 aromatic carbocycles. The molecule has 0 fully saturated rings. The van der Waals surface area contributed by atoms with E-state index in [1.165, 1.54) is 96.7 Å². The zero-order valence-corrected chi connectivity index (χ0v) is 26.1. The number of para-hydroxylation sites is 3. The fourth-order valence-corrected chi connectivity index (χ4v) is 9.37. The third kappa shape index (κ3) is 3.39. The maximum atomic E-state index is 2.47. The summed E-state index contributed by atoms with van der Waals surface area (Å²) in [5, 5.41) is 13.1. The summed E-state index contributed by atoms with van der Waals surface area (Å²) in [6.45, 7) is 0. The van der Waals surface area contributed by atoms with E-state index < -0.39 is 0 Å². The third-order valence-corrected chi connectivity index (χ3v) is 11.3. The largest absolute Gasteiger partial charge is 0.309 e. The van der Waals surface area contributed by atoms with Crippen molar-refractivity contribution in [1.82, 2.24) is 9.13 Å². The molecule has 0 unspecified atom stereocenters. The quantitative estimate of drug-likeness (QED) is 0.171. The van der Waals surface area contributed by atoms with E-state index in [0.29, 0.717) is 0 Å². The first-order chi connectivity index (χ1) is 23.3. The van der Waals surface area contributed by atoms with Crippen LogP contribution >= 0.6 is 11.3 Å². The van der Waals surface area contributed by atoms with Gasteiger partial charge in [-0.2, -0.15) is 0 Å². The van der Waals surface area contributed by atoms with Crippen LogP contribution in [0.5, 0.6) is 0 Å². The topological polar surface area (TPSA) is 9.86 Å². The number of fused-ring (bicyclic) bond motifs is 14. The molecule has 3 heteroatoms. The van der Waals surface area contributed by atoms with Gasteiger partial charge in [0.15, 0.2) is 0 Å². The Morgan fingerprint density at radius 2 is 0.979 bits per heavy atom. The molecule has 47 heavy (non-hydrogen) atoms. The van der Waals surface area contributed by atoms with Gasteiger partial charge >= 0.3 is 0 Å². The Morgan fingerprint density at radius 1 is 0.340 bits per heavy atom. The summed E-state index contributed by atoms with van der Waals surface area (Å²) < 4.78 is 7.54. The maximum Gasteiger partial charge on any atom is 0.0555 e. The Labute approximate surface area is 273 Å². The normalized spacial score (nSPS) is 12.3. The van der Waals surface area contributed by atoms with Crippen LogP contribution in [0, 0.1) is 0 Å². The highest BCUT2D eigenvalue weighted by atomic mass is 32.1. The van der Waals surface area contributed by atoms with Gasteiger partial charge in [0.2, 0.25) is 0 Å². The Morgan fingerprint density at radius 3 is 1.85 bits per heavy atom. The van der Waals surface area contributed by atoms with Gasteiger partial charge in [-0.25, -0.2) is 0 Å². The number of rotatable bonds is 2. The second-order valence-electron chi connectivity index (χ2n) is 12.5. The third-order valence-electron chi connectivity index (χ3n) is 10.1. The molecule has 0 amide bonds. The van der Waals surface area contributed by atoms with Crippen LogP contribution in [0.1, 0.15) is 0 Å². The smallest absolute Gasteiger partial charge is 0.0555 e. The number of thiophene rings is 1. The summed E-state index contributed by atoms with van der Waals surface area (Å²) in [7, 11) is 0. The van der Waals surface area contributed by atoms with Crippen LogP contribution in [-0.4, -0.2) is 9.13 Å². The molecule has 0 aliphatic heterocycles. The fourth-order valence-electron chi connectivity index (χ4n) is 8.11. The van der Waals surface area contributed by atoms with Crippen molar-refractivity contribution >= 4 is 96.7 Å². The van der Waals surface area contributed by atoms with E-state index in [1.54, 1.807) is 0 Å². The second kappa shape index (κ2) is 9.32. The molecule has 11 aromatic rings. The van der Waals surface area contributed by atoms with Crippen molar-refractivity contribution in [1.29, 1.82) is 0 Å². The Bertz CT molecular complexity index is 3070. The van der Waals surface area contributed by atoms with Gasteiger partial charge in [-0.15, -0.1) is 11.3 Å². The number of aromatic nitrogens is 2. The van der Waals surface area contributed by atoms with Crippen molar-refractivity contribution in [2.24, 2.45) is 0 Å². The van der Waals surface area contributed by atoms with Crippen LogP contribution in [-0.2, 0) is 0 Å². The first kappa shape index (κ1) is 25.3. The van der Waals surface area contributed by atoms with Crippen molar-refractivity contribution in [3.05, 3.63) is 158 Å². The molecule has 0 radical (unpaired) electrons. The Balaban J connectivity index is 1.24. The lowest BCUT2D eigenvalue weighted by atomic mass is 9.97. The average Bonchev–Trinajstić information content (AvgIpc) is 3.79. The number of nitrogens with zero attached hydrogens (tertiary/aromatic N) is 2. The molecule has 0 aliphatic rings. The highest BCUT2D eigenvalue weighted by Gasteiger charge is 2.20. The SMILES string of the molecule is c1ccc(-n2c3ccccc3c3cc(-n4c5ccccc5c5c6sc7ccc8ccc9ccccc9c8c7c6ccc54)ccc32)cc1. The summed E-state index contributed by atoms with van der Waals surface area (Å²) in [6.07, 6.45) is 0. The van der Waals surface area contributed by atoms with E-state index in [4.69, 9.17) is 0 Å². The molecule has 218 valence electrons. The van der Waals surface area contributed by atoms with Crippen molar-refractivity contribution in [2.45, 2.75) is 0 Å². The zero-order chi connectivity index (χ0) is 30.6. The highest BCUT2D eigenvalue weighted by Crippen LogP contribution is 2.46. The molecular formula is C44H26N2S. The molecule has 2 nitrogen and oxygen atoms in total. The van der Waals surface area contributed by atoms with Crippen LogP contribution in [0.2, 0.25) is 0 Å². The van der Waals surface area contributed by atoms with Crippen LogP contribution < -0.4 is 0 Å². The summed E-state index contributed by atoms with van der Waals surface area (Å²) >= 11 is 1.93. The first-order valence-corrected chi connectivity index (χ1v) is 16.9. The van der Waals surface area contributed by atoms with E-state index in [1.807, 2.05) is 11.3 Å². The van der Waals surface area contributed by atoms with E-state index >= 15 is 0 Å². The van der Waals surface area contributed by atoms with Gasteiger partial charge in [0.1, 0.15) is 0 Å². The number of hydrogen-bond donors (Lipinski definition) is 0. The van der Waals surface area contributed by atoms with E-state index in [-0.39, 0.29) is 0 Å². The minimum atomic E-state index is 1.18. The van der Waals surface area contributed by atoms with Crippen molar-refractivity contribution < 1.29 is 0 Å². The van der Waals surface area contributed by atoms with E-state index in [9.17, 15) is 0 Å². The summed E-state index contributed by atoms with van der Waals surface area (Å²) in [6, 6.07) is 58.0. The van der Waals surface area contributed by atoms with E-state index in [0.717, 1.165) is 0 Å². The Hall–Kier alpha value is -5.90. The molecule has 0 saturated carbocycles. The lowest BCUT2D eigenvalue weighted by molar-refractivity contribution is 1.17. The predicted molar refractivity (Wildman–Crippen MR) is 203 cm³/mol. The maximum absolute atomic E-state index is 2.47. The average molecular weight is 615 g/mol. The lowest BCUT2D eigenvalue weighted by Crippen LogP contribution is -1.95. The second-order valence-corrected chi connectivity index (χ2v) is 13.6. The molecule has 0 aliphatic carbocycles. The minimum Gasteiger partial charge on any atom is -0.309 e. The van der Waals surface area contributed by atoms with Gasteiger partial charge in [-0.3, -0.25) is 0 Å². The molecule has 0 bridgehead atoms. The van der Waals surface area contributed by atoms with Gasteiger partial charge in [-0.05, 0) is 76.1 Å². The monoisotopic (exact) mass is 614 g/mol. The van der Waals surface area contributed by atoms with Crippen molar-refractivity contribution in [2.75, 3.05) is 0 Å². The summed E-state index contributed by atoms with van der Waals surface area (Å²) in [5.41, 5.74) is 7.26. The molecule has 0 saturated heterocycles. The van der Waals surface area contributed by atoms with Gasteiger partial charge in [0.25, 0.3) is 0 Å². The van der Waals surface area contributed by atoms with Gasteiger partial charge in [0.05, 0.1) is 22.1 Å². The van der Waals surface area contributed by atoms with Crippen LogP contribution in [0.3, 0.4) is 0 Å². The number of benzene rings is 8. The molecule has 3 heterocycles. The van der Waals surface area contributed by atoms with Crippen molar-refractivity contribution in [3.8, 4) is 11.4 Å². The molecular weight excluding hydrogens is 589 g/mol. The van der Waals surface area contributed by atoms with Gasteiger partial charge < -0.3 is 9.13 Å². The molecule has 0 atom stereocenters. The molecule has 11 rings (SSSR count). The summed E-state index contributed by atoms with van der Waals surface area (Å²) in [4.78, 5) is 0. The molecule has 0 N–H and O–H groups in total. The molecule has 0 spiro atoms. The van der Waals surface area contributed by atoms with Crippen LogP contribution in [0.25, 0.3) is 96.7 Å².